The van der Waals surface area contributed by atoms with Gasteiger partial charge >= 0.3 is 0 Å². The first kappa shape index (κ1) is 9.21. The molecule has 0 amide bonds. The highest BCUT2D eigenvalue weighted by molar-refractivity contribution is 7.11. The lowest BCUT2D eigenvalue weighted by atomic mass is 10.1. The zero-order chi connectivity index (χ0) is 9.97. The van der Waals surface area contributed by atoms with Crippen LogP contribution in [0, 0.1) is 0 Å². The van der Waals surface area contributed by atoms with Gasteiger partial charge in [0.2, 0.25) is 0 Å². The summed E-state index contributed by atoms with van der Waals surface area (Å²) in [5, 5.41) is 1.79. The summed E-state index contributed by atoms with van der Waals surface area (Å²) < 4.78 is 12.6. The Bertz CT molecular complexity index is 422. The fraction of sp³-hybridized carbons (Fsp3) is 0.0909. The van der Waals surface area contributed by atoms with Crippen molar-refractivity contribution in [3.8, 4) is 11.1 Å². The van der Waals surface area contributed by atoms with Crippen LogP contribution in [0.25, 0.3) is 11.1 Å². The highest BCUT2D eigenvalue weighted by Gasteiger charge is 2.10. The molecule has 1 heterocycles. The van der Waals surface area contributed by atoms with Gasteiger partial charge in [-0.25, -0.2) is 4.39 Å². The molecule has 0 saturated heterocycles. The second-order valence-electron chi connectivity index (χ2n) is 2.99. The van der Waals surface area contributed by atoms with Crippen molar-refractivity contribution in [3.63, 3.8) is 0 Å². The van der Waals surface area contributed by atoms with E-state index in [0.717, 1.165) is 11.1 Å². The Kier molecular flexibility index (Phi) is 2.50. The van der Waals surface area contributed by atoms with Crippen LogP contribution < -0.4 is 5.73 Å². The van der Waals surface area contributed by atoms with E-state index in [4.69, 9.17) is 5.73 Å². The number of alkyl halides is 1. The number of benzene rings is 1. The van der Waals surface area contributed by atoms with Crippen molar-refractivity contribution in [1.82, 2.24) is 0 Å². The lowest BCUT2D eigenvalue weighted by Gasteiger charge is -2.02. The maximum absolute atomic E-state index is 12.6. The number of hydrogen-bond acceptors (Lipinski definition) is 2. The molecular formula is C11H10FNS. The van der Waals surface area contributed by atoms with Crippen LogP contribution in [0.1, 0.15) is 4.88 Å². The third-order valence-electron chi connectivity index (χ3n) is 2.08. The fourth-order valence-electron chi connectivity index (χ4n) is 1.44. The number of hydrogen-bond donors (Lipinski definition) is 1. The molecule has 1 nitrogen and oxygen atoms in total. The van der Waals surface area contributed by atoms with Gasteiger partial charge in [-0.3, -0.25) is 0 Å². The van der Waals surface area contributed by atoms with Crippen molar-refractivity contribution in [2.45, 2.75) is 6.67 Å². The normalized spacial score (nSPS) is 10.4. The summed E-state index contributed by atoms with van der Waals surface area (Å²) in [5.74, 6) is 0. The third kappa shape index (κ3) is 1.51. The molecule has 0 saturated carbocycles. The number of rotatable bonds is 2. The van der Waals surface area contributed by atoms with E-state index in [2.05, 4.69) is 0 Å². The summed E-state index contributed by atoms with van der Waals surface area (Å²) in [6, 6.07) is 9.67. The van der Waals surface area contributed by atoms with Gasteiger partial charge < -0.3 is 5.73 Å². The van der Waals surface area contributed by atoms with Crippen molar-refractivity contribution in [2.75, 3.05) is 5.73 Å². The van der Waals surface area contributed by atoms with E-state index in [1.54, 1.807) is 5.38 Å². The monoisotopic (exact) mass is 207 g/mol. The Morgan fingerprint density at radius 2 is 1.93 bits per heavy atom. The van der Waals surface area contributed by atoms with Crippen LogP contribution in [0.15, 0.2) is 35.7 Å². The average molecular weight is 207 g/mol. The second-order valence-corrected chi connectivity index (χ2v) is 3.95. The molecule has 72 valence electrons. The van der Waals surface area contributed by atoms with Gasteiger partial charge in [0.15, 0.2) is 0 Å². The predicted molar refractivity (Wildman–Crippen MR) is 59.0 cm³/mol. The Hall–Kier alpha value is -1.35. The topological polar surface area (TPSA) is 26.0 Å². The predicted octanol–water partition coefficient (Wildman–Crippen LogP) is 3.47. The van der Waals surface area contributed by atoms with Crippen LogP contribution in [0.2, 0.25) is 0 Å². The van der Waals surface area contributed by atoms with Crippen LogP contribution in [0.5, 0.6) is 0 Å². The maximum Gasteiger partial charge on any atom is 0.124 e. The lowest BCUT2D eigenvalue weighted by Crippen LogP contribution is -1.87. The molecular weight excluding hydrogens is 197 g/mol. The number of nitrogen functional groups attached to an aromatic ring is 1. The molecule has 0 bridgehead atoms. The summed E-state index contributed by atoms with van der Waals surface area (Å²) in [6.45, 7) is -0.452. The van der Waals surface area contributed by atoms with Gasteiger partial charge in [0.25, 0.3) is 0 Å². The van der Waals surface area contributed by atoms with Crippen molar-refractivity contribution in [2.24, 2.45) is 0 Å². The molecule has 0 aliphatic heterocycles. The summed E-state index contributed by atoms with van der Waals surface area (Å²) >= 11 is 1.37. The first-order valence-electron chi connectivity index (χ1n) is 4.30. The minimum absolute atomic E-state index is 0.452. The molecule has 2 rings (SSSR count). The molecule has 3 heteroatoms. The third-order valence-corrected chi connectivity index (χ3v) is 3.05. The van der Waals surface area contributed by atoms with Crippen molar-refractivity contribution >= 4 is 17.0 Å². The van der Waals surface area contributed by atoms with Crippen LogP contribution >= 0.6 is 11.3 Å². The van der Waals surface area contributed by atoms with Crippen molar-refractivity contribution in [3.05, 3.63) is 40.6 Å². The standard InChI is InChI=1S/C11H10FNS/c12-6-10-11(9(13)7-14-10)8-4-2-1-3-5-8/h1-5,7H,6,13H2. The number of nitrogens with two attached hydrogens (primary N) is 1. The first-order chi connectivity index (χ1) is 6.83. The molecule has 2 aromatic rings. The fourth-order valence-corrected chi connectivity index (χ4v) is 2.25. The molecule has 2 N–H and O–H groups in total. The molecule has 0 spiro atoms. The van der Waals surface area contributed by atoms with Crippen LogP contribution in [0.4, 0.5) is 10.1 Å². The largest absolute Gasteiger partial charge is 0.398 e. The summed E-state index contributed by atoms with van der Waals surface area (Å²) in [6.07, 6.45) is 0. The van der Waals surface area contributed by atoms with E-state index in [1.165, 1.54) is 11.3 Å². The lowest BCUT2D eigenvalue weighted by molar-refractivity contribution is 0.492. The number of thiophene rings is 1. The van der Waals surface area contributed by atoms with E-state index in [9.17, 15) is 4.39 Å². The van der Waals surface area contributed by atoms with E-state index in [1.807, 2.05) is 30.3 Å². The summed E-state index contributed by atoms with van der Waals surface area (Å²) in [7, 11) is 0. The molecule has 0 aliphatic carbocycles. The molecule has 1 aromatic heterocycles. The van der Waals surface area contributed by atoms with Gasteiger partial charge in [-0.15, -0.1) is 11.3 Å². The van der Waals surface area contributed by atoms with Crippen LogP contribution in [-0.2, 0) is 6.67 Å². The average Bonchev–Trinajstić information content (AvgIpc) is 2.61. The molecule has 0 aliphatic rings. The van der Waals surface area contributed by atoms with Gasteiger partial charge in [-0.2, -0.15) is 0 Å². The van der Waals surface area contributed by atoms with E-state index in [0.29, 0.717) is 10.6 Å². The quantitative estimate of drug-likeness (QED) is 0.801. The highest BCUT2D eigenvalue weighted by Crippen LogP contribution is 2.35. The second kappa shape index (κ2) is 3.80. The maximum atomic E-state index is 12.6. The first-order valence-corrected chi connectivity index (χ1v) is 5.18. The summed E-state index contributed by atoms with van der Waals surface area (Å²) in [4.78, 5) is 0.703. The van der Waals surface area contributed by atoms with E-state index in [-0.39, 0.29) is 0 Å². The molecule has 0 radical (unpaired) electrons. The SMILES string of the molecule is Nc1csc(CF)c1-c1ccccc1. The van der Waals surface area contributed by atoms with Crippen LogP contribution in [0.3, 0.4) is 0 Å². The zero-order valence-electron chi connectivity index (χ0n) is 7.53. The zero-order valence-corrected chi connectivity index (χ0v) is 8.35. The van der Waals surface area contributed by atoms with Crippen molar-refractivity contribution in [1.29, 1.82) is 0 Å². The highest BCUT2D eigenvalue weighted by atomic mass is 32.1. The number of anilines is 1. The van der Waals surface area contributed by atoms with Gasteiger partial charge in [-0.05, 0) is 5.56 Å². The van der Waals surface area contributed by atoms with Gasteiger partial charge in [0.05, 0.1) is 5.69 Å². The summed E-state index contributed by atoms with van der Waals surface area (Å²) in [5.41, 5.74) is 8.28. The van der Waals surface area contributed by atoms with Gasteiger partial charge in [-0.1, -0.05) is 30.3 Å². The minimum atomic E-state index is -0.452. The van der Waals surface area contributed by atoms with Crippen LogP contribution in [-0.4, -0.2) is 0 Å². The molecule has 0 atom stereocenters. The van der Waals surface area contributed by atoms with Gasteiger partial charge in [0.1, 0.15) is 6.67 Å². The Morgan fingerprint density at radius 1 is 1.21 bits per heavy atom. The number of halogens is 1. The molecule has 14 heavy (non-hydrogen) atoms. The van der Waals surface area contributed by atoms with Crippen molar-refractivity contribution < 1.29 is 4.39 Å². The molecule has 0 fully saturated rings. The van der Waals surface area contributed by atoms with E-state index >= 15 is 0 Å². The Balaban J connectivity index is 2.55. The minimum Gasteiger partial charge on any atom is -0.398 e. The molecule has 1 aromatic carbocycles. The Morgan fingerprint density at radius 3 is 2.57 bits per heavy atom. The molecule has 0 unspecified atom stereocenters. The Labute approximate surface area is 86.0 Å². The smallest absolute Gasteiger partial charge is 0.124 e. The van der Waals surface area contributed by atoms with Gasteiger partial charge in [0, 0.05) is 15.8 Å². The van der Waals surface area contributed by atoms with E-state index < -0.39 is 6.67 Å².